The Bertz CT molecular complexity index is 1060. The van der Waals surface area contributed by atoms with Crippen LogP contribution in [0.3, 0.4) is 0 Å². The highest BCUT2D eigenvalue weighted by Crippen LogP contribution is 2.21. The minimum Gasteiger partial charge on any atom is -0.372 e. The topological polar surface area (TPSA) is 101 Å². The number of benzene rings is 1. The normalized spacial score (nSPS) is 21.8. The molecule has 178 valence electrons. The molecule has 1 aromatic carbocycles. The zero-order chi connectivity index (χ0) is 23.4. The summed E-state index contributed by atoms with van der Waals surface area (Å²) in [6, 6.07) is 10.0. The number of hydrogen-bond acceptors (Lipinski definition) is 6. The maximum absolute atomic E-state index is 12.7. The van der Waals surface area contributed by atoms with E-state index in [4.69, 9.17) is 4.74 Å². The van der Waals surface area contributed by atoms with Gasteiger partial charge >= 0.3 is 0 Å². The van der Waals surface area contributed by atoms with Gasteiger partial charge in [0.05, 0.1) is 17.1 Å². The van der Waals surface area contributed by atoms with Crippen LogP contribution in [0.25, 0.3) is 0 Å². The number of anilines is 1. The van der Waals surface area contributed by atoms with E-state index in [1.54, 1.807) is 18.3 Å². The van der Waals surface area contributed by atoms with Gasteiger partial charge in [-0.1, -0.05) is 25.0 Å². The van der Waals surface area contributed by atoms with Crippen molar-refractivity contribution in [3.8, 4) is 0 Å². The van der Waals surface area contributed by atoms with Gasteiger partial charge in [-0.05, 0) is 56.5 Å². The lowest BCUT2D eigenvalue weighted by molar-refractivity contribution is -0.00546. The molecule has 0 radical (unpaired) electrons. The fourth-order valence-electron chi connectivity index (χ4n) is 4.49. The Hall–Kier alpha value is -2.49. The van der Waals surface area contributed by atoms with E-state index in [0.717, 1.165) is 50.2 Å². The highest BCUT2D eigenvalue weighted by atomic mass is 32.2. The maximum Gasteiger partial charge on any atom is 0.251 e. The van der Waals surface area contributed by atoms with E-state index in [2.05, 4.69) is 33.8 Å². The molecule has 0 spiro atoms. The van der Waals surface area contributed by atoms with Crippen LogP contribution in [-0.2, 0) is 21.3 Å². The lowest BCUT2D eigenvalue weighted by Gasteiger charge is -2.36. The summed E-state index contributed by atoms with van der Waals surface area (Å²) in [5.74, 6) is 0.563. The summed E-state index contributed by atoms with van der Waals surface area (Å²) >= 11 is 0. The van der Waals surface area contributed by atoms with E-state index in [1.165, 1.54) is 12.1 Å². The van der Waals surface area contributed by atoms with E-state index in [-0.39, 0.29) is 29.1 Å². The molecule has 1 aliphatic carbocycles. The number of rotatable bonds is 7. The van der Waals surface area contributed by atoms with Crippen LogP contribution >= 0.6 is 0 Å². The zero-order valence-corrected chi connectivity index (χ0v) is 20.0. The van der Waals surface area contributed by atoms with E-state index in [1.807, 2.05) is 12.1 Å². The molecule has 1 saturated carbocycles. The van der Waals surface area contributed by atoms with Gasteiger partial charge in [0.25, 0.3) is 5.91 Å². The van der Waals surface area contributed by atoms with Crippen molar-refractivity contribution in [2.45, 2.75) is 69.2 Å². The number of pyridine rings is 1. The van der Waals surface area contributed by atoms with Crippen LogP contribution in [-0.4, -0.2) is 50.6 Å². The third-order valence-electron chi connectivity index (χ3n) is 6.09. The van der Waals surface area contributed by atoms with Gasteiger partial charge < -0.3 is 15.0 Å². The fraction of sp³-hybridized carbons (Fsp3) is 0.500. The summed E-state index contributed by atoms with van der Waals surface area (Å²) in [5, 5.41) is 2.85. The van der Waals surface area contributed by atoms with E-state index < -0.39 is 10.0 Å². The van der Waals surface area contributed by atoms with Crippen LogP contribution in [0.5, 0.6) is 0 Å². The molecule has 0 bridgehead atoms. The molecular formula is C24H32N4O4S. The second-order valence-electron chi connectivity index (χ2n) is 9.00. The Morgan fingerprint density at radius 1 is 1.12 bits per heavy atom. The molecule has 33 heavy (non-hydrogen) atoms. The predicted molar refractivity (Wildman–Crippen MR) is 127 cm³/mol. The third kappa shape index (κ3) is 6.10. The molecule has 2 heterocycles. The molecule has 2 aromatic rings. The summed E-state index contributed by atoms with van der Waals surface area (Å²) in [5.41, 5.74) is 1.18. The molecule has 8 nitrogen and oxygen atoms in total. The van der Waals surface area contributed by atoms with Gasteiger partial charge in [0, 0.05) is 37.4 Å². The third-order valence-corrected chi connectivity index (χ3v) is 7.61. The lowest BCUT2D eigenvalue weighted by atomic mass is 10.2. The average Bonchev–Trinajstić information content (AvgIpc) is 3.29. The van der Waals surface area contributed by atoms with Crippen LogP contribution in [0.2, 0.25) is 0 Å². The second kappa shape index (κ2) is 10.2. The second-order valence-corrected chi connectivity index (χ2v) is 10.7. The monoisotopic (exact) mass is 472 g/mol. The van der Waals surface area contributed by atoms with Crippen LogP contribution in [0.4, 0.5) is 5.82 Å². The van der Waals surface area contributed by atoms with Crippen molar-refractivity contribution in [1.29, 1.82) is 0 Å². The molecule has 1 aromatic heterocycles. The number of carbonyl (C=O) groups is 1. The van der Waals surface area contributed by atoms with Crippen molar-refractivity contribution in [2.24, 2.45) is 0 Å². The van der Waals surface area contributed by atoms with Gasteiger partial charge in [0.1, 0.15) is 5.82 Å². The lowest BCUT2D eigenvalue weighted by Crippen LogP contribution is -2.45. The molecule has 2 aliphatic rings. The van der Waals surface area contributed by atoms with Gasteiger partial charge in [-0.3, -0.25) is 4.79 Å². The molecular weight excluding hydrogens is 440 g/mol. The van der Waals surface area contributed by atoms with E-state index in [0.29, 0.717) is 12.1 Å². The molecule has 1 saturated heterocycles. The fourth-order valence-corrected chi connectivity index (χ4v) is 5.84. The number of ether oxygens (including phenoxy) is 1. The smallest absolute Gasteiger partial charge is 0.251 e. The molecule has 1 amide bonds. The van der Waals surface area contributed by atoms with Gasteiger partial charge in [-0.15, -0.1) is 0 Å². The minimum atomic E-state index is -3.64. The van der Waals surface area contributed by atoms with Crippen molar-refractivity contribution in [1.82, 2.24) is 15.0 Å². The molecule has 2 unspecified atom stereocenters. The number of hydrogen-bond donors (Lipinski definition) is 2. The highest BCUT2D eigenvalue weighted by molar-refractivity contribution is 7.89. The summed E-state index contributed by atoms with van der Waals surface area (Å²) in [6.07, 6.45) is 5.86. The summed E-state index contributed by atoms with van der Waals surface area (Å²) < 4.78 is 33.9. The SMILES string of the molecule is CC1CN(c2ccc(CNC(=O)c3cccc(S(=O)(=O)NC4CCCC4)c3)cn2)CC(C)O1. The predicted octanol–water partition coefficient (Wildman–Crippen LogP) is 2.85. The Labute approximate surface area is 195 Å². The molecule has 1 aliphatic heterocycles. The maximum atomic E-state index is 12.7. The van der Waals surface area contributed by atoms with Crippen molar-refractivity contribution < 1.29 is 17.9 Å². The van der Waals surface area contributed by atoms with Crippen molar-refractivity contribution >= 4 is 21.7 Å². The van der Waals surface area contributed by atoms with Crippen LogP contribution < -0.4 is 14.9 Å². The number of morpholine rings is 1. The molecule has 2 atom stereocenters. The first-order valence-corrected chi connectivity index (χ1v) is 13.0. The van der Waals surface area contributed by atoms with Crippen LogP contribution in [0.1, 0.15) is 55.5 Å². The van der Waals surface area contributed by atoms with E-state index >= 15 is 0 Å². The number of carbonyl (C=O) groups excluding carboxylic acids is 1. The average molecular weight is 473 g/mol. The minimum absolute atomic E-state index is 0.0214. The number of aromatic nitrogens is 1. The zero-order valence-electron chi connectivity index (χ0n) is 19.2. The first-order chi connectivity index (χ1) is 15.8. The van der Waals surface area contributed by atoms with Crippen LogP contribution in [0.15, 0.2) is 47.5 Å². The summed E-state index contributed by atoms with van der Waals surface area (Å²) in [7, 11) is -3.64. The number of sulfonamides is 1. The summed E-state index contributed by atoms with van der Waals surface area (Å²) in [4.78, 5) is 19.5. The van der Waals surface area contributed by atoms with E-state index in [9.17, 15) is 13.2 Å². The first kappa shape index (κ1) is 23.7. The van der Waals surface area contributed by atoms with Crippen molar-refractivity contribution in [3.05, 3.63) is 53.7 Å². The Morgan fingerprint density at radius 3 is 2.52 bits per heavy atom. The largest absolute Gasteiger partial charge is 0.372 e. The number of nitrogens with zero attached hydrogens (tertiary/aromatic N) is 2. The van der Waals surface area contributed by atoms with Crippen molar-refractivity contribution in [2.75, 3.05) is 18.0 Å². The Kier molecular flexibility index (Phi) is 7.31. The molecule has 2 N–H and O–H groups in total. The molecule has 9 heteroatoms. The van der Waals surface area contributed by atoms with Gasteiger partial charge in [-0.2, -0.15) is 0 Å². The van der Waals surface area contributed by atoms with Gasteiger partial charge in [0.2, 0.25) is 10.0 Å². The highest BCUT2D eigenvalue weighted by Gasteiger charge is 2.24. The van der Waals surface area contributed by atoms with Crippen LogP contribution in [0, 0.1) is 0 Å². The number of amides is 1. The van der Waals surface area contributed by atoms with Gasteiger partial charge in [-0.25, -0.2) is 18.1 Å². The van der Waals surface area contributed by atoms with Crippen molar-refractivity contribution in [3.63, 3.8) is 0 Å². The Morgan fingerprint density at radius 2 is 1.85 bits per heavy atom. The molecule has 4 rings (SSSR count). The standard InChI is InChI=1S/C24H32N4O4S/c1-17-15-28(16-18(2)32-17)23-11-10-19(13-25-23)14-26-24(29)20-6-5-9-22(12-20)33(30,31)27-21-7-3-4-8-21/h5-6,9-13,17-18,21,27H,3-4,7-8,14-16H2,1-2H3,(H,26,29). The first-order valence-electron chi connectivity index (χ1n) is 11.6. The Balaban J connectivity index is 1.35. The summed E-state index contributed by atoms with van der Waals surface area (Å²) in [6.45, 7) is 6.00. The molecule has 2 fully saturated rings. The van der Waals surface area contributed by atoms with Gasteiger partial charge in [0.15, 0.2) is 0 Å². The number of nitrogens with one attached hydrogen (secondary N) is 2. The quantitative estimate of drug-likeness (QED) is 0.643.